The molecule has 0 saturated heterocycles. The fourth-order valence-electron chi connectivity index (χ4n) is 1.27. The first-order chi connectivity index (χ1) is 9.77. The Hall–Kier alpha value is -0.310. The van der Waals surface area contributed by atoms with E-state index in [4.69, 9.17) is 18.9 Å². The molecule has 0 saturated carbocycles. The van der Waals surface area contributed by atoms with Crippen molar-refractivity contribution in [3.05, 3.63) is 0 Å². The highest BCUT2D eigenvalue weighted by Crippen LogP contribution is 1.84. The minimum atomic E-state index is -0.0458. The second-order valence-electron chi connectivity index (χ2n) is 4.37. The standard InChI is InChI=1S/C13H28FNO5/c1-13(2)15-3-4-16-5-6-17-7-8-18-9-10-19-11-12-20-14/h13,15H,3-12H2,1-2H3. The first-order valence-electron chi connectivity index (χ1n) is 7.05. The summed E-state index contributed by atoms with van der Waals surface area (Å²) in [6.07, 6.45) is 0. The molecule has 7 heteroatoms. The molecule has 0 fully saturated rings. The zero-order valence-corrected chi connectivity index (χ0v) is 12.6. The Balaban J connectivity index is 2.92. The van der Waals surface area contributed by atoms with Gasteiger partial charge in [0, 0.05) is 12.6 Å². The van der Waals surface area contributed by atoms with Gasteiger partial charge in [0.25, 0.3) is 0 Å². The van der Waals surface area contributed by atoms with Crippen molar-refractivity contribution in [3.63, 3.8) is 0 Å². The second-order valence-corrected chi connectivity index (χ2v) is 4.37. The van der Waals surface area contributed by atoms with Crippen LogP contribution in [0.25, 0.3) is 0 Å². The van der Waals surface area contributed by atoms with E-state index in [2.05, 4.69) is 24.1 Å². The van der Waals surface area contributed by atoms with Gasteiger partial charge in [-0.15, -0.1) is 0 Å². The van der Waals surface area contributed by atoms with Gasteiger partial charge in [0.1, 0.15) is 6.61 Å². The van der Waals surface area contributed by atoms with Crippen LogP contribution in [-0.4, -0.2) is 72.0 Å². The fourth-order valence-corrected chi connectivity index (χ4v) is 1.27. The normalized spacial score (nSPS) is 11.4. The lowest BCUT2D eigenvalue weighted by molar-refractivity contribution is -0.147. The van der Waals surface area contributed by atoms with Gasteiger partial charge in [0.15, 0.2) is 0 Å². The molecule has 20 heavy (non-hydrogen) atoms. The third kappa shape index (κ3) is 17.7. The number of rotatable bonds is 16. The fraction of sp³-hybridized carbons (Fsp3) is 1.00. The van der Waals surface area contributed by atoms with Gasteiger partial charge in [-0.25, -0.2) is 0 Å². The smallest absolute Gasteiger partial charge is 0.111 e. The third-order valence-electron chi connectivity index (χ3n) is 2.22. The molecule has 0 radical (unpaired) electrons. The van der Waals surface area contributed by atoms with Crippen LogP contribution in [0.1, 0.15) is 13.8 Å². The van der Waals surface area contributed by atoms with Gasteiger partial charge in [-0.1, -0.05) is 13.8 Å². The lowest BCUT2D eigenvalue weighted by Gasteiger charge is -2.09. The van der Waals surface area contributed by atoms with Crippen molar-refractivity contribution in [2.75, 3.05) is 66.0 Å². The molecule has 0 aliphatic rings. The summed E-state index contributed by atoms with van der Waals surface area (Å²) in [5.41, 5.74) is 0. The molecule has 0 aromatic carbocycles. The Labute approximate surface area is 120 Å². The van der Waals surface area contributed by atoms with Crippen LogP contribution in [0.3, 0.4) is 0 Å². The van der Waals surface area contributed by atoms with Gasteiger partial charge in [-0.05, 0) is 4.53 Å². The van der Waals surface area contributed by atoms with Gasteiger partial charge in [-0.3, -0.25) is 0 Å². The molecule has 0 atom stereocenters. The maximum absolute atomic E-state index is 11.2. The SMILES string of the molecule is CC(C)NCCOCCOCCOCCOCCOF. The van der Waals surface area contributed by atoms with Crippen molar-refractivity contribution < 1.29 is 28.4 Å². The van der Waals surface area contributed by atoms with Crippen LogP contribution in [0.2, 0.25) is 0 Å². The van der Waals surface area contributed by atoms with Crippen molar-refractivity contribution in [2.24, 2.45) is 0 Å². The van der Waals surface area contributed by atoms with Crippen molar-refractivity contribution in [1.82, 2.24) is 5.32 Å². The van der Waals surface area contributed by atoms with Gasteiger partial charge in [-0.2, -0.15) is 4.94 Å². The zero-order chi connectivity index (χ0) is 14.9. The van der Waals surface area contributed by atoms with Crippen LogP contribution in [0.5, 0.6) is 0 Å². The Morgan fingerprint density at radius 1 is 0.700 bits per heavy atom. The van der Waals surface area contributed by atoms with Crippen molar-refractivity contribution in [2.45, 2.75) is 19.9 Å². The zero-order valence-electron chi connectivity index (χ0n) is 12.6. The summed E-state index contributed by atoms with van der Waals surface area (Å²) in [5.74, 6) is 0. The topological polar surface area (TPSA) is 58.2 Å². The van der Waals surface area contributed by atoms with Crippen molar-refractivity contribution >= 4 is 0 Å². The van der Waals surface area contributed by atoms with E-state index in [1.165, 1.54) is 0 Å². The molecular weight excluding hydrogens is 269 g/mol. The van der Waals surface area contributed by atoms with Gasteiger partial charge in [0.05, 0.1) is 52.9 Å². The van der Waals surface area contributed by atoms with Crippen LogP contribution in [0.4, 0.5) is 4.53 Å². The van der Waals surface area contributed by atoms with E-state index >= 15 is 0 Å². The van der Waals surface area contributed by atoms with Gasteiger partial charge < -0.3 is 24.3 Å². The Kier molecular flexibility index (Phi) is 16.5. The number of nitrogens with one attached hydrogen (secondary N) is 1. The van der Waals surface area contributed by atoms with Crippen LogP contribution in [0, 0.1) is 0 Å². The molecule has 0 unspecified atom stereocenters. The maximum atomic E-state index is 11.2. The Bertz CT molecular complexity index is 186. The van der Waals surface area contributed by atoms with E-state index in [1.54, 1.807) is 0 Å². The highest BCUT2D eigenvalue weighted by Gasteiger charge is 1.94. The molecular formula is C13H28FNO5. The quantitative estimate of drug-likeness (QED) is 0.428. The predicted molar refractivity (Wildman–Crippen MR) is 73.5 cm³/mol. The highest BCUT2D eigenvalue weighted by molar-refractivity contribution is 4.50. The van der Waals surface area contributed by atoms with E-state index in [1.807, 2.05) is 0 Å². The number of hydrogen-bond donors (Lipinski definition) is 1. The summed E-state index contributed by atoms with van der Waals surface area (Å²) in [4.78, 5) is 3.36. The Morgan fingerprint density at radius 2 is 1.10 bits per heavy atom. The molecule has 0 aliphatic carbocycles. The summed E-state index contributed by atoms with van der Waals surface area (Å²) in [5, 5.41) is 3.26. The van der Waals surface area contributed by atoms with Gasteiger partial charge in [0.2, 0.25) is 0 Å². The summed E-state index contributed by atoms with van der Waals surface area (Å²) in [6, 6.07) is 0.487. The van der Waals surface area contributed by atoms with Gasteiger partial charge >= 0.3 is 0 Å². The monoisotopic (exact) mass is 297 g/mol. The largest absolute Gasteiger partial charge is 0.378 e. The van der Waals surface area contributed by atoms with E-state index in [0.29, 0.717) is 52.3 Å². The minimum Gasteiger partial charge on any atom is -0.378 e. The van der Waals surface area contributed by atoms with E-state index in [0.717, 1.165) is 6.54 Å². The van der Waals surface area contributed by atoms with Crippen molar-refractivity contribution in [1.29, 1.82) is 0 Å². The first-order valence-corrected chi connectivity index (χ1v) is 7.05. The molecule has 0 rings (SSSR count). The number of halogens is 1. The molecule has 0 spiro atoms. The highest BCUT2D eigenvalue weighted by atomic mass is 19.3. The van der Waals surface area contributed by atoms with E-state index < -0.39 is 0 Å². The second kappa shape index (κ2) is 16.7. The molecule has 1 N–H and O–H groups in total. The average Bonchev–Trinajstić information content (AvgIpc) is 2.43. The third-order valence-corrected chi connectivity index (χ3v) is 2.22. The van der Waals surface area contributed by atoms with Crippen LogP contribution >= 0.6 is 0 Å². The van der Waals surface area contributed by atoms with Crippen LogP contribution in [-0.2, 0) is 23.9 Å². The van der Waals surface area contributed by atoms with Crippen molar-refractivity contribution in [3.8, 4) is 0 Å². The summed E-state index contributed by atoms with van der Waals surface area (Å²) >= 11 is 0. The molecule has 0 aliphatic heterocycles. The Morgan fingerprint density at radius 3 is 1.50 bits per heavy atom. The predicted octanol–water partition coefficient (Wildman–Crippen LogP) is 0.952. The summed E-state index contributed by atoms with van der Waals surface area (Å²) < 4.78 is 32.2. The summed E-state index contributed by atoms with van der Waals surface area (Å²) in [7, 11) is 0. The van der Waals surface area contributed by atoms with Crippen LogP contribution < -0.4 is 5.32 Å². The number of ether oxygens (including phenoxy) is 4. The molecule has 122 valence electrons. The average molecular weight is 297 g/mol. The number of hydrogen-bond acceptors (Lipinski definition) is 6. The lowest BCUT2D eigenvalue weighted by atomic mass is 10.4. The molecule has 0 aromatic heterocycles. The summed E-state index contributed by atoms with van der Waals surface area (Å²) in [6.45, 7) is 9.02. The van der Waals surface area contributed by atoms with E-state index in [-0.39, 0.29) is 13.2 Å². The van der Waals surface area contributed by atoms with Crippen LogP contribution in [0.15, 0.2) is 0 Å². The van der Waals surface area contributed by atoms with E-state index in [9.17, 15) is 4.53 Å². The molecule has 0 bridgehead atoms. The molecule has 0 amide bonds. The molecule has 6 nitrogen and oxygen atoms in total. The maximum Gasteiger partial charge on any atom is 0.111 e. The minimum absolute atomic E-state index is 0.0458. The first kappa shape index (κ1) is 19.7. The molecule has 0 aromatic rings. The molecule has 0 heterocycles. The lowest BCUT2D eigenvalue weighted by Crippen LogP contribution is -2.27.